The molecule has 1 amide bonds. The molecule has 0 radical (unpaired) electrons. The Labute approximate surface area is 95.2 Å². The van der Waals surface area contributed by atoms with Gasteiger partial charge >= 0.3 is 0 Å². The second-order valence-electron chi connectivity index (χ2n) is 3.01. The third kappa shape index (κ3) is 6.98. The Kier molecular flexibility index (Phi) is 6.67. The second-order valence-corrected chi connectivity index (χ2v) is 4.20. The van der Waals surface area contributed by atoms with Crippen LogP contribution in [0, 0.1) is 0 Å². The van der Waals surface area contributed by atoms with Crippen molar-refractivity contribution >= 4 is 29.1 Å². The highest BCUT2D eigenvalue weighted by Crippen LogP contribution is 2.02. The van der Waals surface area contributed by atoms with Gasteiger partial charge in [0, 0.05) is 30.1 Å². The highest BCUT2D eigenvalue weighted by atomic mass is 35.5. The zero-order valence-corrected chi connectivity index (χ0v) is 10.2. The number of halogens is 2. The van der Waals surface area contributed by atoms with Gasteiger partial charge in [-0.25, -0.2) is 0 Å². The molecule has 0 aliphatic carbocycles. The van der Waals surface area contributed by atoms with Crippen molar-refractivity contribution in [2.24, 2.45) is 0 Å². The number of carbonyl (C=O) groups excluding carboxylic acids is 1. The highest BCUT2D eigenvalue weighted by molar-refractivity contribution is 6.29. The Morgan fingerprint density at radius 2 is 1.43 bits per heavy atom. The van der Waals surface area contributed by atoms with Crippen LogP contribution in [0.5, 0.6) is 0 Å². The topological polar surface area (TPSA) is 20.3 Å². The van der Waals surface area contributed by atoms with Crippen molar-refractivity contribution in [2.45, 2.75) is 20.8 Å². The first kappa shape index (κ1) is 13.5. The zero-order valence-electron chi connectivity index (χ0n) is 8.68. The molecule has 0 aromatic carbocycles. The van der Waals surface area contributed by atoms with E-state index >= 15 is 0 Å². The smallest absolute Gasteiger partial charge is 0.220 e. The van der Waals surface area contributed by atoms with Crippen LogP contribution in [0.3, 0.4) is 0 Å². The van der Waals surface area contributed by atoms with Gasteiger partial charge in [0.1, 0.15) is 0 Å². The Balaban J connectivity index is 4.24. The summed E-state index contributed by atoms with van der Waals surface area (Å²) in [5, 5.41) is 1.37. The van der Waals surface area contributed by atoms with Crippen molar-refractivity contribution in [1.82, 2.24) is 4.90 Å². The molecular weight excluding hydrogens is 221 g/mol. The molecule has 0 saturated carbocycles. The maximum atomic E-state index is 11.2. The van der Waals surface area contributed by atoms with Crippen molar-refractivity contribution in [1.29, 1.82) is 0 Å². The van der Waals surface area contributed by atoms with Crippen molar-refractivity contribution in [2.75, 3.05) is 13.1 Å². The molecule has 0 aliphatic rings. The summed E-state index contributed by atoms with van der Waals surface area (Å²) in [6.45, 7) is 6.12. The van der Waals surface area contributed by atoms with E-state index in [9.17, 15) is 4.79 Å². The van der Waals surface area contributed by atoms with E-state index in [2.05, 4.69) is 0 Å². The van der Waals surface area contributed by atoms with Gasteiger partial charge in [0.05, 0.1) is 0 Å². The van der Waals surface area contributed by atoms with Gasteiger partial charge in [0.2, 0.25) is 5.91 Å². The normalized spacial score (nSPS) is 12.9. The van der Waals surface area contributed by atoms with Crippen LogP contribution < -0.4 is 0 Å². The first-order valence-corrected chi connectivity index (χ1v) is 5.09. The van der Waals surface area contributed by atoms with Gasteiger partial charge in [0.25, 0.3) is 0 Å². The maximum Gasteiger partial charge on any atom is 0.220 e. The molecule has 0 unspecified atom stereocenters. The third-order valence-electron chi connectivity index (χ3n) is 1.63. The molecule has 2 nitrogen and oxygen atoms in total. The van der Waals surface area contributed by atoms with E-state index in [4.69, 9.17) is 23.2 Å². The zero-order chi connectivity index (χ0) is 11.1. The largest absolute Gasteiger partial charge is 0.335 e. The molecule has 0 N–H and O–H groups in total. The predicted molar refractivity (Wildman–Crippen MR) is 61.5 cm³/mol. The number of allylic oxidation sites excluding steroid dienone is 2. The fourth-order valence-electron chi connectivity index (χ4n) is 0.804. The number of hydrogen-bond donors (Lipinski definition) is 0. The third-order valence-corrected chi connectivity index (χ3v) is 1.94. The monoisotopic (exact) mass is 235 g/mol. The minimum absolute atomic E-state index is 0.00772. The van der Waals surface area contributed by atoms with E-state index in [1.807, 2.05) is 0 Å². The molecule has 0 aromatic rings. The average molecular weight is 236 g/mol. The van der Waals surface area contributed by atoms with Crippen LogP contribution in [-0.4, -0.2) is 23.9 Å². The number of rotatable bonds is 4. The van der Waals surface area contributed by atoms with Crippen molar-refractivity contribution < 1.29 is 4.79 Å². The Bertz CT molecular complexity index is 231. The molecule has 80 valence electrons. The summed E-state index contributed by atoms with van der Waals surface area (Å²) in [6, 6.07) is 0. The molecular formula is C10H15Cl2NO. The van der Waals surface area contributed by atoms with E-state index in [1.165, 1.54) is 6.92 Å². The highest BCUT2D eigenvalue weighted by Gasteiger charge is 2.04. The lowest BCUT2D eigenvalue weighted by atomic mass is 10.4. The lowest BCUT2D eigenvalue weighted by Gasteiger charge is -2.17. The van der Waals surface area contributed by atoms with E-state index in [-0.39, 0.29) is 5.91 Å². The fourth-order valence-corrected chi connectivity index (χ4v) is 0.942. The predicted octanol–water partition coefficient (Wildman–Crippen LogP) is 3.12. The first-order chi connectivity index (χ1) is 6.43. The van der Waals surface area contributed by atoms with E-state index in [0.717, 1.165) is 0 Å². The lowest BCUT2D eigenvalue weighted by molar-refractivity contribution is -0.127. The van der Waals surface area contributed by atoms with Crippen LogP contribution >= 0.6 is 23.2 Å². The van der Waals surface area contributed by atoms with Gasteiger partial charge in [-0.2, -0.15) is 0 Å². The second kappa shape index (κ2) is 6.91. The van der Waals surface area contributed by atoms with Gasteiger partial charge in [-0.15, -0.1) is 0 Å². The van der Waals surface area contributed by atoms with Crippen LogP contribution in [0.1, 0.15) is 20.8 Å². The van der Waals surface area contributed by atoms with Crippen LogP contribution in [0.25, 0.3) is 0 Å². The van der Waals surface area contributed by atoms with E-state index in [0.29, 0.717) is 23.2 Å². The van der Waals surface area contributed by atoms with E-state index < -0.39 is 0 Å². The molecule has 0 atom stereocenters. The molecule has 0 aromatic heterocycles. The fraction of sp³-hybridized carbons (Fsp3) is 0.500. The number of nitrogens with zero attached hydrogens (tertiary/aromatic N) is 1. The van der Waals surface area contributed by atoms with Crippen molar-refractivity contribution in [3.63, 3.8) is 0 Å². The SMILES string of the molecule is CC(=O)N(C/C=C(/C)Cl)C/C=C(/C)Cl. The van der Waals surface area contributed by atoms with E-state index in [1.54, 1.807) is 30.9 Å². The molecule has 14 heavy (non-hydrogen) atoms. The van der Waals surface area contributed by atoms with Gasteiger partial charge in [0.15, 0.2) is 0 Å². The minimum Gasteiger partial charge on any atom is -0.335 e. The van der Waals surface area contributed by atoms with Crippen LogP contribution in [-0.2, 0) is 4.79 Å². The average Bonchev–Trinajstić information content (AvgIpc) is 2.02. The van der Waals surface area contributed by atoms with Gasteiger partial charge in [-0.3, -0.25) is 4.79 Å². The first-order valence-electron chi connectivity index (χ1n) is 4.33. The summed E-state index contributed by atoms with van der Waals surface area (Å²) in [4.78, 5) is 12.8. The van der Waals surface area contributed by atoms with Crippen molar-refractivity contribution in [3.8, 4) is 0 Å². The molecule has 0 heterocycles. The Morgan fingerprint density at radius 1 is 1.07 bits per heavy atom. The summed E-state index contributed by atoms with van der Waals surface area (Å²) in [6.07, 6.45) is 3.58. The van der Waals surface area contributed by atoms with Gasteiger partial charge in [-0.1, -0.05) is 35.4 Å². The molecule has 0 rings (SSSR count). The molecule has 4 heteroatoms. The summed E-state index contributed by atoms with van der Waals surface area (Å²) in [5.74, 6) is 0.00772. The van der Waals surface area contributed by atoms with Crippen LogP contribution in [0.15, 0.2) is 22.2 Å². The quantitative estimate of drug-likeness (QED) is 0.734. The molecule has 0 aliphatic heterocycles. The summed E-state index contributed by atoms with van der Waals surface area (Å²) in [5.41, 5.74) is 0. The summed E-state index contributed by atoms with van der Waals surface area (Å²) >= 11 is 11.3. The molecule has 0 spiro atoms. The molecule has 0 fully saturated rings. The lowest BCUT2D eigenvalue weighted by Crippen LogP contribution is -2.29. The number of hydrogen-bond acceptors (Lipinski definition) is 1. The summed E-state index contributed by atoms with van der Waals surface area (Å²) < 4.78 is 0. The minimum atomic E-state index is 0.00772. The van der Waals surface area contributed by atoms with Crippen molar-refractivity contribution in [3.05, 3.63) is 22.2 Å². The van der Waals surface area contributed by atoms with Gasteiger partial charge < -0.3 is 4.90 Å². The maximum absolute atomic E-state index is 11.2. The Morgan fingerprint density at radius 3 is 1.64 bits per heavy atom. The Hall–Kier alpha value is -0.470. The molecule has 0 bridgehead atoms. The summed E-state index contributed by atoms with van der Waals surface area (Å²) in [7, 11) is 0. The molecule has 0 saturated heterocycles. The van der Waals surface area contributed by atoms with Gasteiger partial charge in [-0.05, 0) is 13.8 Å². The van der Waals surface area contributed by atoms with Crippen LogP contribution in [0.4, 0.5) is 0 Å². The number of amides is 1. The van der Waals surface area contributed by atoms with Crippen LogP contribution in [0.2, 0.25) is 0 Å². The number of carbonyl (C=O) groups is 1. The standard InChI is InChI=1S/C10H15Cl2NO/c1-8(11)4-6-13(10(3)14)7-5-9(2)12/h4-5H,6-7H2,1-3H3/b8-4-,9-5-.